The molecule has 1 atom stereocenters. The number of fused-ring (bicyclic) bond motifs is 2. The monoisotopic (exact) mass is 400 g/mol. The maximum absolute atomic E-state index is 14.2. The molecule has 150 valence electrons. The lowest BCUT2D eigenvalue weighted by Crippen LogP contribution is -2.15. The van der Waals surface area contributed by atoms with Crippen molar-refractivity contribution < 1.29 is 18.3 Å². The Bertz CT molecular complexity index is 1230. The minimum Gasteiger partial charge on any atom is -0.375 e. The molecule has 4 aromatic rings. The summed E-state index contributed by atoms with van der Waals surface area (Å²) in [7, 11) is 1.51. The first kappa shape index (κ1) is 19.1. The van der Waals surface area contributed by atoms with Crippen molar-refractivity contribution in [3.63, 3.8) is 0 Å². The van der Waals surface area contributed by atoms with Crippen LogP contribution < -0.4 is 0 Å². The zero-order valence-corrected chi connectivity index (χ0v) is 16.1. The topological polar surface area (TPSA) is 86.7 Å². The number of carbonyl (C=O) groups is 1. The van der Waals surface area contributed by atoms with Gasteiger partial charge in [-0.05, 0) is 25.5 Å². The number of ether oxygens (including phenoxy) is 1. The molecular formula is C19H18F2N6O2. The molecule has 0 aliphatic carbocycles. The van der Waals surface area contributed by atoms with E-state index in [9.17, 15) is 13.6 Å². The predicted molar refractivity (Wildman–Crippen MR) is 98.5 cm³/mol. The third-order valence-electron chi connectivity index (χ3n) is 4.65. The van der Waals surface area contributed by atoms with Crippen LogP contribution in [0.5, 0.6) is 0 Å². The van der Waals surface area contributed by atoms with E-state index in [4.69, 9.17) is 4.74 Å². The molecule has 29 heavy (non-hydrogen) atoms. The molecule has 4 rings (SSSR count). The second-order valence-electron chi connectivity index (χ2n) is 6.80. The van der Waals surface area contributed by atoms with Gasteiger partial charge in [-0.25, -0.2) is 23.4 Å². The van der Waals surface area contributed by atoms with Crippen molar-refractivity contribution >= 4 is 17.1 Å². The fourth-order valence-electron chi connectivity index (χ4n) is 3.34. The fraction of sp³-hybridized carbons (Fsp3) is 0.316. The summed E-state index contributed by atoms with van der Waals surface area (Å²) in [6.45, 7) is 3.44. The van der Waals surface area contributed by atoms with Crippen LogP contribution in [-0.4, -0.2) is 42.1 Å². The first-order valence-electron chi connectivity index (χ1n) is 8.94. The molecule has 0 saturated carbocycles. The number of aromatic nitrogens is 6. The number of hydrogen-bond acceptors (Lipinski definition) is 6. The van der Waals surface area contributed by atoms with Crippen LogP contribution in [0.4, 0.5) is 8.78 Å². The van der Waals surface area contributed by atoms with Crippen LogP contribution in [-0.2, 0) is 22.4 Å². The van der Waals surface area contributed by atoms with Gasteiger partial charge in [0, 0.05) is 44.0 Å². The molecule has 10 heteroatoms. The van der Waals surface area contributed by atoms with E-state index in [0.29, 0.717) is 28.3 Å². The Morgan fingerprint density at radius 2 is 2.03 bits per heavy atom. The average molecular weight is 400 g/mol. The van der Waals surface area contributed by atoms with E-state index in [0.717, 1.165) is 0 Å². The molecule has 4 aromatic heterocycles. The second kappa shape index (κ2) is 7.28. The van der Waals surface area contributed by atoms with Crippen LogP contribution in [0.15, 0.2) is 24.5 Å². The molecule has 0 fully saturated rings. The SMILES string of the molecule is CO[C@@H](C)c1c(CC(=O)Cc2cc(F)c3nc(C)nn3c2)cnc2cc(F)nn12. The molecule has 4 heterocycles. The van der Waals surface area contributed by atoms with Gasteiger partial charge in [0.2, 0.25) is 5.95 Å². The summed E-state index contributed by atoms with van der Waals surface area (Å²) in [5.41, 5.74) is 2.03. The molecule has 0 N–H and O–H groups in total. The van der Waals surface area contributed by atoms with Crippen molar-refractivity contribution in [2.75, 3.05) is 7.11 Å². The van der Waals surface area contributed by atoms with Gasteiger partial charge in [0.05, 0.1) is 11.8 Å². The van der Waals surface area contributed by atoms with Crippen LogP contribution in [0.3, 0.4) is 0 Å². The quantitative estimate of drug-likeness (QED) is 0.494. The van der Waals surface area contributed by atoms with Crippen molar-refractivity contribution in [2.45, 2.75) is 32.8 Å². The van der Waals surface area contributed by atoms with Crippen molar-refractivity contribution in [3.8, 4) is 0 Å². The van der Waals surface area contributed by atoms with Crippen LogP contribution in [0.25, 0.3) is 11.3 Å². The summed E-state index contributed by atoms with van der Waals surface area (Å²) >= 11 is 0. The molecule has 0 aliphatic rings. The summed E-state index contributed by atoms with van der Waals surface area (Å²) in [6, 6.07) is 2.49. The Labute approximate surface area is 164 Å². The second-order valence-corrected chi connectivity index (χ2v) is 6.80. The summed E-state index contributed by atoms with van der Waals surface area (Å²) in [5.74, 6) is -0.938. The third kappa shape index (κ3) is 3.58. The highest BCUT2D eigenvalue weighted by Crippen LogP contribution is 2.22. The molecule has 0 aliphatic heterocycles. The maximum Gasteiger partial charge on any atom is 0.235 e. The molecule has 0 aromatic carbocycles. The van der Waals surface area contributed by atoms with Gasteiger partial charge in [0.15, 0.2) is 17.1 Å². The number of Topliss-reactive ketones (excluding diaryl/α,β-unsaturated/α-hetero) is 1. The van der Waals surface area contributed by atoms with Crippen LogP contribution >= 0.6 is 0 Å². The minimum absolute atomic E-state index is 0.00191. The average Bonchev–Trinajstić information content (AvgIpc) is 3.22. The lowest BCUT2D eigenvalue weighted by Gasteiger charge is -2.16. The number of carbonyl (C=O) groups excluding carboxylic acids is 1. The van der Waals surface area contributed by atoms with Gasteiger partial charge in [0.25, 0.3) is 0 Å². The molecule has 0 unspecified atom stereocenters. The fourth-order valence-corrected chi connectivity index (χ4v) is 3.34. The largest absolute Gasteiger partial charge is 0.375 e. The van der Waals surface area contributed by atoms with E-state index in [1.807, 2.05) is 0 Å². The zero-order valence-electron chi connectivity index (χ0n) is 16.1. The number of methoxy groups -OCH3 is 1. The van der Waals surface area contributed by atoms with Crippen molar-refractivity contribution in [1.82, 2.24) is 29.2 Å². The first-order valence-corrected chi connectivity index (χ1v) is 8.94. The highest BCUT2D eigenvalue weighted by molar-refractivity contribution is 5.83. The molecule has 0 amide bonds. The highest BCUT2D eigenvalue weighted by Gasteiger charge is 2.20. The van der Waals surface area contributed by atoms with Crippen LogP contribution in [0.2, 0.25) is 0 Å². The van der Waals surface area contributed by atoms with E-state index >= 15 is 0 Å². The van der Waals surface area contributed by atoms with Crippen molar-refractivity contribution in [2.24, 2.45) is 0 Å². The smallest absolute Gasteiger partial charge is 0.235 e. The zero-order chi connectivity index (χ0) is 20.7. The van der Waals surface area contributed by atoms with Gasteiger partial charge in [-0.15, -0.1) is 5.10 Å². The molecule has 0 spiro atoms. The number of halogens is 2. The summed E-state index contributed by atoms with van der Waals surface area (Å²) < 4.78 is 35.8. The first-order chi connectivity index (χ1) is 13.9. The van der Waals surface area contributed by atoms with Crippen molar-refractivity contribution in [1.29, 1.82) is 0 Å². The molecule has 0 radical (unpaired) electrons. The number of ketones is 1. The number of rotatable bonds is 6. The van der Waals surface area contributed by atoms with Crippen LogP contribution in [0, 0.1) is 18.7 Å². The van der Waals surface area contributed by atoms with Crippen molar-refractivity contribution in [3.05, 3.63) is 58.9 Å². The van der Waals surface area contributed by atoms with Gasteiger partial charge in [-0.1, -0.05) is 0 Å². The minimum atomic E-state index is -0.669. The Balaban J connectivity index is 1.64. The van der Waals surface area contributed by atoms with E-state index in [1.165, 1.54) is 34.5 Å². The predicted octanol–water partition coefficient (Wildman–Crippen LogP) is 2.42. The maximum atomic E-state index is 14.2. The van der Waals surface area contributed by atoms with E-state index < -0.39 is 17.9 Å². The molecule has 0 saturated heterocycles. The summed E-state index contributed by atoms with van der Waals surface area (Å²) in [6.07, 6.45) is 2.68. The van der Waals surface area contributed by atoms with Gasteiger partial charge in [0.1, 0.15) is 11.6 Å². The Morgan fingerprint density at radius 1 is 1.24 bits per heavy atom. The third-order valence-corrected chi connectivity index (χ3v) is 4.65. The summed E-state index contributed by atoms with van der Waals surface area (Å²) in [5, 5.41) is 7.90. The summed E-state index contributed by atoms with van der Waals surface area (Å²) in [4.78, 5) is 20.9. The van der Waals surface area contributed by atoms with E-state index in [1.54, 1.807) is 20.0 Å². The van der Waals surface area contributed by atoms with Gasteiger partial charge in [-0.2, -0.15) is 9.49 Å². The number of nitrogens with zero attached hydrogens (tertiary/aromatic N) is 6. The Kier molecular flexibility index (Phi) is 4.79. The van der Waals surface area contributed by atoms with E-state index in [-0.39, 0.29) is 24.3 Å². The number of hydrogen-bond donors (Lipinski definition) is 0. The lowest BCUT2D eigenvalue weighted by molar-refractivity contribution is -0.117. The highest BCUT2D eigenvalue weighted by atomic mass is 19.1. The number of pyridine rings is 1. The Morgan fingerprint density at radius 3 is 2.79 bits per heavy atom. The molecule has 0 bridgehead atoms. The standard InChI is InChI=1S/C19H18F2N6O2/c1-10(29-3)18-13(8-22-17-7-16(21)25-27(17)18)6-14(28)4-12-5-15(20)19-23-11(2)24-26(19)9-12/h5,7-10H,4,6H2,1-3H3/t10-/m0/s1. The number of aryl methyl sites for hydroxylation is 1. The normalized spacial score (nSPS) is 12.7. The Hall–Kier alpha value is -3.27. The lowest BCUT2D eigenvalue weighted by atomic mass is 10.0. The van der Waals surface area contributed by atoms with Gasteiger partial charge in [-0.3, -0.25) is 4.79 Å². The molecular weight excluding hydrogens is 382 g/mol. The van der Waals surface area contributed by atoms with E-state index in [2.05, 4.69) is 20.2 Å². The van der Waals surface area contributed by atoms with Crippen LogP contribution in [0.1, 0.15) is 35.7 Å². The molecule has 8 nitrogen and oxygen atoms in total. The van der Waals surface area contributed by atoms with Gasteiger partial charge < -0.3 is 4.74 Å². The van der Waals surface area contributed by atoms with Gasteiger partial charge >= 0.3 is 0 Å².